The summed E-state index contributed by atoms with van der Waals surface area (Å²) in [4.78, 5) is 28.7. The van der Waals surface area contributed by atoms with E-state index in [9.17, 15) is 14.7 Å². The Morgan fingerprint density at radius 1 is 0.788 bits per heavy atom. The first-order valence-electron chi connectivity index (χ1n) is 18.0. The lowest BCUT2D eigenvalue weighted by Crippen LogP contribution is -2.46. The van der Waals surface area contributed by atoms with Crippen LogP contribution in [0.4, 0.5) is 5.69 Å². The van der Waals surface area contributed by atoms with Crippen LogP contribution in [0.2, 0.25) is 0 Å². The maximum Gasteiger partial charge on any atom is 0.251 e. The van der Waals surface area contributed by atoms with Crippen molar-refractivity contribution in [2.24, 2.45) is 0 Å². The second-order valence-corrected chi connectivity index (χ2v) is 13.5. The van der Waals surface area contributed by atoms with E-state index in [-0.39, 0.29) is 17.6 Å². The van der Waals surface area contributed by atoms with Gasteiger partial charge in [-0.3, -0.25) is 24.5 Å². The highest BCUT2D eigenvalue weighted by molar-refractivity contribution is 6.04. The smallest absolute Gasteiger partial charge is 0.251 e. The van der Waals surface area contributed by atoms with E-state index in [1.165, 1.54) is 5.69 Å². The number of ether oxygens (including phenoxy) is 1. The number of nitrogens with zero attached hydrogens (tertiary/aromatic N) is 4. The lowest BCUT2D eigenvalue weighted by Gasteiger charge is -2.36. The van der Waals surface area contributed by atoms with E-state index in [1.54, 1.807) is 16.9 Å². The normalized spacial score (nSPS) is 16.6. The van der Waals surface area contributed by atoms with Gasteiger partial charge in [-0.05, 0) is 87.8 Å². The summed E-state index contributed by atoms with van der Waals surface area (Å²) in [5, 5.41) is 19.0. The Kier molecular flexibility index (Phi) is 9.42. The molecule has 262 valence electrons. The van der Waals surface area contributed by atoms with Crippen LogP contribution >= 0.6 is 0 Å². The number of hydrogen-bond donors (Lipinski definition) is 2. The SMILES string of the molecule is O=C1CCC(n2cc(-c3ccc(N4CCN(CCCOc5ccc(-c6c(-c7ccccc7)ccc7cc(O)ccc67)cc5)CC4)cc3)cn2)C(=O)N1. The molecule has 9 heteroatoms. The molecule has 0 spiro atoms. The fraction of sp³-hybridized carbons (Fsp3) is 0.233. The topological polar surface area (TPSA) is 99.9 Å². The van der Waals surface area contributed by atoms with E-state index in [1.807, 2.05) is 24.4 Å². The summed E-state index contributed by atoms with van der Waals surface area (Å²) in [7, 11) is 0. The minimum absolute atomic E-state index is 0.225. The highest BCUT2D eigenvalue weighted by atomic mass is 16.5. The van der Waals surface area contributed by atoms with Gasteiger partial charge in [-0.2, -0.15) is 5.10 Å². The Bertz CT molecular complexity index is 2190. The maximum absolute atomic E-state index is 12.2. The fourth-order valence-corrected chi connectivity index (χ4v) is 7.37. The van der Waals surface area contributed by atoms with Gasteiger partial charge >= 0.3 is 0 Å². The summed E-state index contributed by atoms with van der Waals surface area (Å²) in [5.41, 5.74) is 7.75. The number of nitrogens with one attached hydrogen (secondary N) is 1. The molecule has 2 N–H and O–H groups in total. The third kappa shape index (κ3) is 7.13. The Hall–Kier alpha value is -5.93. The Morgan fingerprint density at radius 2 is 1.56 bits per heavy atom. The Morgan fingerprint density at radius 3 is 2.33 bits per heavy atom. The number of benzene rings is 5. The summed E-state index contributed by atoms with van der Waals surface area (Å²) in [5.74, 6) is 0.605. The van der Waals surface area contributed by atoms with Gasteiger partial charge in [-0.15, -0.1) is 0 Å². The molecule has 3 heterocycles. The van der Waals surface area contributed by atoms with Gasteiger partial charge in [0.1, 0.15) is 17.5 Å². The molecule has 1 atom stereocenters. The number of aromatic nitrogens is 2. The molecule has 0 saturated carbocycles. The minimum atomic E-state index is -0.450. The highest BCUT2D eigenvalue weighted by Crippen LogP contribution is 2.39. The average Bonchev–Trinajstić information content (AvgIpc) is 3.67. The zero-order valence-corrected chi connectivity index (χ0v) is 28.9. The van der Waals surface area contributed by atoms with Crippen molar-refractivity contribution in [2.75, 3.05) is 44.2 Å². The number of piperazine rings is 1. The van der Waals surface area contributed by atoms with Gasteiger partial charge in [0.15, 0.2) is 0 Å². The second kappa shape index (κ2) is 14.7. The van der Waals surface area contributed by atoms with E-state index in [0.717, 1.165) is 89.0 Å². The number of imide groups is 1. The van der Waals surface area contributed by atoms with Crippen molar-refractivity contribution in [3.63, 3.8) is 0 Å². The molecule has 2 aliphatic rings. The van der Waals surface area contributed by atoms with Gasteiger partial charge in [0.2, 0.25) is 5.91 Å². The zero-order valence-electron chi connectivity index (χ0n) is 28.9. The molecule has 9 nitrogen and oxygen atoms in total. The number of anilines is 1. The number of hydrogen-bond acceptors (Lipinski definition) is 7. The van der Waals surface area contributed by atoms with Crippen LogP contribution in [0.25, 0.3) is 44.2 Å². The van der Waals surface area contributed by atoms with Crippen LogP contribution < -0.4 is 15.0 Å². The first-order chi connectivity index (χ1) is 25.5. The molecule has 0 bridgehead atoms. The van der Waals surface area contributed by atoms with Crippen LogP contribution in [0.1, 0.15) is 25.3 Å². The molecule has 2 aliphatic heterocycles. The van der Waals surface area contributed by atoms with E-state index in [4.69, 9.17) is 4.74 Å². The standard InChI is InChI=1S/C43H41N5O4/c49-36-14-18-39-33(27-36)11-17-38(31-5-2-1-3-6-31)42(39)32-9-15-37(16-10-32)52-26-4-21-46-22-24-47(25-23-46)35-12-7-30(8-13-35)34-28-44-48(29-34)40-19-20-41(50)45-43(40)51/h1-3,5-18,27-29,40,49H,4,19-26H2,(H,45,50,51). The number of rotatable bonds is 10. The average molecular weight is 692 g/mol. The predicted octanol–water partition coefficient (Wildman–Crippen LogP) is 7.31. The first kappa shape index (κ1) is 33.2. The minimum Gasteiger partial charge on any atom is -0.508 e. The van der Waals surface area contributed by atoms with Crippen LogP contribution in [0.5, 0.6) is 11.5 Å². The predicted molar refractivity (Wildman–Crippen MR) is 204 cm³/mol. The third-order valence-corrected chi connectivity index (χ3v) is 10.2. The van der Waals surface area contributed by atoms with Crippen LogP contribution in [-0.2, 0) is 9.59 Å². The maximum atomic E-state index is 12.2. The highest BCUT2D eigenvalue weighted by Gasteiger charge is 2.28. The van der Waals surface area contributed by atoms with Crippen molar-refractivity contribution < 1.29 is 19.4 Å². The van der Waals surface area contributed by atoms with Crippen LogP contribution in [0, 0.1) is 0 Å². The van der Waals surface area contributed by atoms with Gasteiger partial charge in [0.05, 0.1) is 12.8 Å². The van der Waals surface area contributed by atoms with E-state index < -0.39 is 6.04 Å². The van der Waals surface area contributed by atoms with Crippen molar-refractivity contribution >= 4 is 28.3 Å². The second-order valence-electron chi connectivity index (χ2n) is 13.5. The molecular weight excluding hydrogens is 651 g/mol. The molecule has 2 fully saturated rings. The summed E-state index contributed by atoms with van der Waals surface area (Å²) < 4.78 is 7.84. The van der Waals surface area contributed by atoms with Gasteiger partial charge in [-0.1, -0.05) is 72.8 Å². The van der Waals surface area contributed by atoms with Crippen LogP contribution in [-0.4, -0.2) is 70.9 Å². The molecule has 0 aliphatic carbocycles. The fourth-order valence-electron chi connectivity index (χ4n) is 7.37. The number of piperidine rings is 1. The van der Waals surface area contributed by atoms with Crippen molar-refractivity contribution in [2.45, 2.75) is 25.3 Å². The van der Waals surface area contributed by atoms with Crippen LogP contribution in [0.3, 0.4) is 0 Å². The molecule has 8 rings (SSSR count). The summed E-state index contributed by atoms with van der Waals surface area (Å²) in [6.45, 7) is 5.58. The molecule has 1 aromatic heterocycles. The molecule has 1 unspecified atom stereocenters. The van der Waals surface area contributed by atoms with Crippen molar-refractivity contribution in [3.05, 3.63) is 122 Å². The van der Waals surface area contributed by atoms with Crippen molar-refractivity contribution in [3.8, 4) is 44.9 Å². The number of phenolic OH excluding ortho intramolecular Hbond substituents is 1. The van der Waals surface area contributed by atoms with Gasteiger partial charge in [0, 0.05) is 56.6 Å². The Labute approximate surface area is 303 Å². The van der Waals surface area contributed by atoms with E-state index in [0.29, 0.717) is 19.4 Å². The number of phenols is 1. The number of carbonyl (C=O) groups excluding carboxylic acids is 2. The largest absolute Gasteiger partial charge is 0.508 e. The monoisotopic (exact) mass is 691 g/mol. The van der Waals surface area contributed by atoms with E-state index >= 15 is 0 Å². The molecular formula is C43H41N5O4. The number of carbonyl (C=O) groups is 2. The summed E-state index contributed by atoms with van der Waals surface area (Å²) >= 11 is 0. The van der Waals surface area contributed by atoms with Gasteiger partial charge in [-0.25, -0.2) is 0 Å². The Balaban J connectivity index is 0.822. The lowest BCUT2D eigenvalue weighted by atomic mass is 9.90. The van der Waals surface area contributed by atoms with E-state index in [2.05, 4.69) is 105 Å². The summed E-state index contributed by atoms with van der Waals surface area (Å²) in [6, 6.07) is 36.6. The van der Waals surface area contributed by atoms with Crippen molar-refractivity contribution in [1.29, 1.82) is 0 Å². The molecule has 2 saturated heterocycles. The van der Waals surface area contributed by atoms with Gasteiger partial charge in [0.25, 0.3) is 5.91 Å². The molecule has 5 aromatic carbocycles. The molecule has 0 radical (unpaired) electrons. The first-order valence-corrected chi connectivity index (χ1v) is 18.0. The van der Waals surface area contributed by atoms with Crippen molar-refractivity contribution in [1.82, 2.24) is 20.0 Å². The zero-order chi connectivity index (χ0) is 35.4. The summed E-state index contributed by atoms with van der Waals surface area (Å²) in [6.07, 6.45) is 5.41. The van der Waals surface area contributed by atoms with Gasteiger partial charge < -0.3 is 14.7 Å². The molecule has 6 aromatic rings. The quantitative estimate of drug-likeness (QED) is 0.115. The van der Waals surface area contributed by atoms with Crippen LogP contribution in [0.15, 0.2) is 122 Å². The lowest BCUT2D eigenvalue weighted by molar-refractivity contribution is -0.135. The third-order valence-electron chi connectivity index (χ3n) is 10.2. The number of fused-ring (bicyclic) bond motifs is 1. The number of amides is 2. The number of aromatic hydroxyl groups is 1. The molecule has 2 amide bonds. The molecule has 52 heavy (non-hydrogen) atoms.